The molecule has 5 aliphatic heterocycles. The van der Waals surface area contributed by atoms with Crippen molar-refractivity contribution in [2.24, 2.45) is 11.8 Å². The van der Waals surface area contributed by atoms with Crippen LogP contribution in [-0.2, 0) is 23.7 Å². The lowest BCUT2D eigenvalue weighted by atomic mass is 9.93. The Morgan fingerprint density at radius 1 is 0.375 bits per heavy atom. The third kappa shape index (κ3) is 20.2. The van der Waals surface area contributed by atoms with E-state index >= 15 is 0 Å². The maximum absolute atomic E-state index is 9.32. The van der Waals surface area contributed by atoms with Crippen LogP contribution < -0.4 is 0 Å². The van der Waals surface area contributed by atoms with E-state index in [0.29, 0.717) is 0 Å². The van der Waals surface area contributed by atoms with Crippen LogP contribution in [0.2, 0.25) is 0 Å². The summed E-state index contributed by atoms with van der Waals surface area (Å²) in [5, 5.41) is 226. The number of aliphatic hydroxyl groups is 25. The summed E-state index contributed by atoms with van der Waals surface area (Å²) in [6.45, 7) is 8.23. The van der Waals surface area contributed by atoms with Crippen molar-refractivity contribution in [2.45, 2.75) is 200 Å². The third-order valence-corrected chi connectivity index (χ3v) is 12.3. The molecule has 30 nitrogen and oxygen atoms in total. The first-order valence-electron chi connectivity index (χ1n) is 22.9. The largest absolute Gasteiger partial charge is 0.394 e. The van der Waals surface area contributed by atoms with E-state index in [1.54, 1.807) is 34.6 Å². The van der Waals surface area contributed by atoms with Crippen LogP contribution in [0.1, 0.15) is 34.6 Å². The summed E-state index contributed by atoms with van der Waals surface area (Å²) in [4.78, 5) is 0. The van der Waals surface area contributed by atoms with Crippen LogP contribution in [0.25, 0.3) is 0 Å². The van der Waals surface area contributed by atoms with E-state index in [2.05, 4.69) is 6.58 Å². The molecule has 25 N–H and O–H groups in total. The van der Waals surface area contributed by atoms with Crippen LogP contribution in [0.4, 0.5) is 0 Å². The quantitative estimate of drug-likeness (QED) is 0.0807. The number of ether oxygens (including phenoxy) is 5. The van der Waals surface area contributed by atoms with Gasteiger partial charge in [-0.15, -0.1) is 6.58 Å². The highest BCUT2D eigenvalue weighted by Gasteiger charge is 2.46. The van der Waals surface area contributed by atoms with Crippen molar-refractivity contribution in [1.82, 2.24) is 0 Å². The van der Waals surface area contributed by atoms with Crippen LogP contribution in [0.5, 0.6) is 0 Å². The van der Waals surface area contributed by atoms with Crippen LogP contribution in [0, 0.1) is 11.8 Å². The van der Waals surface area contributed by atoms with Crippen molar-refractivity contribution < 1.29 is 151 Å². The van der Waals surface area contributed by atoms with Gasteiger partial charge in [-0.3, -0.25) is 0 Å². The molecule has 0 amide bonds. The van der Waals surface area contributed by atoms with Crippen molar-refractivity contribution in [3.63, 3.8) is 0 Å². The van der Waals surface area contributed by atoms with Crippen LogP contribution >= 0.6 is 0 Å². The maximum atomic E-state index is 9.32. The van der Waals surface area contributed by atoms with E-state index in [1.807, 2.05) is 0 Å². The second kappa shape index (κ2) is 34.3. The predicted octanol–water partition coefficient (Wildman–Crippen LogP) is -12.7. The zero-order chi connectivity index (χ0) is 56.2. The van der Waals surface area contributed by atoms with Gasteiger partial charge >= 0.3 is 0 Å². The first kappa shape index (κ1) is 70.5. The number of aliphatic hydroxyl groups excluding tert-OH is 25. The molecule has 0 spiro atoms. The molecule has 0 aliphatic carbocycles. The van der Waals surface area contributed by atoms with Gasteiger partial charge in [-0.05, 0) is 20.8 Å². The smallest absolute Gasteiger partial charge is 0.160 e. The zero-order valence-electron chi connectivity index (χ0n) is 40.5. The second-order valence-electron chi connectivity index (χ2n) is 17.7. The van der Waals surface area contributed by atoms with Gasteiger partial charge in [-0.2, -0.15) is 0 Å². The van der Waals surface area contributed by atoms with Gasteiger partial charge < -0.3 is 151 Å². The normalized spacial score (nSPS) is 43.1. The molecule has 0 aromatic carbocycles. The van der Waals surface area contributed by atoms with Gasteiger partial charge in [0.25, 0.3) is 0 Å². The minimum Gasteiger partial charge on any atom is -0.394 e. The molecule has 2 unspecified atom stereocenters. The summed E-state index contributed by atoms with van der Waals surface area (Å²) in [6.07, 6.45) is -27.5. The molecule has 72 heavy (non-hydrogen) atoms. The highest BCUT2D eigenvalue weighted by atomic mass is 16.6. The van der Waals surface area contributed by atoms with Crippen LogP contribution in [0.15, 0.2) is 12.7 Å². The Balaban J connectivity index is 0.000000840. The minimum atomic E-state index is -1.58. The molecule has 0 aromatic rings. The van der Waals surface area contributed by atoms with Gasteiger partial charge in [0, 0.05) is 11.8 Å². The van der Waals surface area contributed by atoms with Gasteiger partial charge in [0.15, 0.2) is 12.6 Å². The summed E-state index contributed by atoms with van der Waals surface area (Å²) in [6, 6.07) is 0. The molecule has 0 bridgehead atoms. The highest BCUT2D eigenvalue weighted by molar-refractivity contribution is 4.94. The van der Waals surface area contributed by atoms with E-state index in [1.165, 1.54) is 0 Å². The molecule has 0 radical (unpaired) electrons. The molecule has 0 saturated carbocycles. The molecule has 5 heterocycles. The monoisotopic (exact) mass is 1070 g/mol. The Labute approximate surface area is 414 Å². The van der Waals surface area contributed by atoms with Crippen molar-refractivity contribution in [3.8, 4) is 0 Å². The van der Waals surface area contributed by atoms with Gasteiger partial charge in [0.05, 0.1) is 70.2 Å². The fraction of sp³-hybridized carbons (Fsp3) is 0.952. The SMILES string of the molecule is C=C[C@@H](O)[C@@H](O)[C@H](O)[C@H](O)CO.CC1O[C@H](CO)[C@@H](O)[C@H](O)[C@@H]1O.CC1O[C@H]([C@H](O)CO)[C@H](O)[C@@H]1O.C[C@H]1O[C@H]([C@H](O)CO)[C@H](O)[C@@H]1O.C[C@H]1[C@@H](O)[C@H](O)[C@@H](CO)O[C@H]1O.C[C@H]1[C@@H](O)[C@H](O)[C@@H](CO)O[C@H]1O. The van der Waals surface area contributed by atoms with E-state index in [9.17, 15) is 56.2 Å². The average molecular weight is 1070 g/mol. The summed E-state index contributed by atoms with van der Waals surface area (Å²) in [5.41, 5.74) is 0. The molecule has 30 heteroatoms. The van der Waals surface area contributed by atoms with E-state index in [-0.39, 0.29) is 6.61 Å². The van der Waals surface area contributed by atoms with E-state index in [4.69, 9.17) is 95.2 Å². The summed E-state index contributed by atoms with van der Waals surface area (Å²) in [5.74, 6) is -1.08. The molecule has 432 valence electrons. The first-order chi connectivity index (χ1) is 33.4. The molecule has 5 aliphatic rings. The fourth-order valence-corrected chi connectivity index (χ4v) is 7.04. The molecule has 5 rings (SSSR count). The Hall–Kier alpha value is -1.46. The lowest BCUT2D eigenvalue weighted by molar-refractivity contribution is -0.266. The molecule has 29 atom stereocenters. The van der Waals surface area contributed by atoms with Crippen molar-refractivity contribution in [3.05, 3.63) is 12.7 Å². The van der Waals surface area contributed by atoms with E-state index in [0.717, 1.165) is 6.08 Å². The van der Waals surface area contributed by atoms with Gasteiger partial charge in [0.2, 0.25) is 0 Å². The lowest BCUT2D eigenvalue weighted by Crippen LogP contribution is -2.57. The average Bonchev–Trinajstić information content (AvgIpc) is 3.80. The fourth-order valence-electron chi connectivity index (χ4n) is 7.04. The Bertz CT molecular complexity index is 1280. The van der Waals surface area contributed by atoms with Crippen LogP contribution in [0.3, 0.4) is 0 Å². The van der Waals surface area contributed by atoms with E-state index < -0.39 is 210 Å². The molecule has 5 fully saturated rings. The number of hydrogen-bond donors (Lipinski definition) is 25. The molecular weight excluding hydrogens is 984 g/mol. The Kier molecular flexibility index (Phi) is 33.6. The van der Waals surface area contributed by atoms with Crippen LogP contribution in [-0.4, -0.2) is 332 Å². The molecule has 0 aromatic heterocycles. The standard InChI is InChI=1S/6C7H14O5/c2*1-3-5(10)6(11)7(12-3)4(9)2-8;1-3-5(9)7(11)6(10)4(2-8)12-3;2*1-3-5(9)6(10)4(2-8)12-7(3)11;1-2-4(9)6(11)7(12)5(10)3-8/h5*3-11H,2H2,1H3;2,4-12H,1,3H2/t3?,4-,5-,6-,7-;3-,4-,5-,6-,7-;3?,4-,5-,6-,7-;2*3-,4+,5+,6+,7+;4-,5-,6-,7-/m111001/s1. The minimum absolute atomic E-state index is 0.366. The Morgan fingerprint density at radius 2 is 0.681 bits per heavy atom. The van der Waals surface area contributed by atoms with Crippen molar-refractivity contribution >= 4 is 0 Å². The summed E-state index contributed by atoms with van der Waals surface area (Å²) in [7, 11) is 0. The molecule has 5 saturated heterocycles. The number of rotatable bonds is 12. The Morgan fingerprint density at radius 3 is 0.958 bits per heavy atom. The van der Waals surface area contributed by atoms with Gasteiger partial charge in [0.1, 0.15) is 122 Å². The highest BCUT2D eigenvalue weighted by Crippen LogP contribution is 2.27. The number of hydrogen-bond acceptors (Lipinski definition) is 30. The first-order valence-corrected chi connectivity index (χ1v) is 22.9. The third-order valence-electron chi connectivity index (χ3n) is 12.3. The predicted molar refractivity (Wildman–Crippen MR) is 238 cm³/mol. The zero-order valence-corrected chi connectivity index (χ0v) is 40.5. The van der Waals surface area contributed by atoms with Gasteiger partial charge in [-0.25, -0.2) is 0 Å². The molecular formula is C42H84O30. The summed E-state index contributed by atoms with van der Waals surface area (Å²) < 4.78 is 24.7. The second-order valence-corrected chi connectivity index (χ2v) is 17.7. The summed E-state index contributed by atoms with van der Waals surface area (Å²) >= 11 is 0. The lowest BCUT2D eigenvalue weighted by Gasteiger charge is -2.38. The van der Waals surface area contributed by atoms with Crippen molar-refractivity contribution in [1.29, 1.82) is 0 Å². The topological polar surface area (TPSA) is 552 Å². The maximum Gasteiger partial charge on any atom is 0.160 e. The van der Waals surface area contributed by atoms with Crippen molar-refractivity contribution in [2.75, 3.05) is 39.6 Å². The van der Waals surface area contributed by atoms with Gasteiger partial charge in [-0.1, -0.05) is 19.9 Å².